The lowest BCUT2D eigenvalue weighted by Gasteiger charge is -2.60. The molecule has 0 spiro atoms. The largest absolute Gasteiger partial charge is 0.299 e. The van der Waals surface area contributed by atoms with Crippen LogP contribution in [-0.2, 0) is 4.79 Å². The summed E-state index contributed by atoms with van der Waals surface area (Å²) < 4.78 is 0. The molecule has 29 heavy (non-hydrogen) atoms. The van der Waals surface area contributed by atoms with Gasteiger partial charge >= 0.3 is 0 Å². The molecule has 0 saturated heterocycles. The third kappa shape index (κ3) is 3.55. The van der Waals surface area contributed by atoms with Crippen molar-refractivity contribution in [1.29, 1.82) is 0 Å². The lowest BCUT2D eigenvalue weighted by atomic mass is 9.44. The maximum atomic E-state index is 13.0. The molecule has 0 bridgehead atoms. The van der Waals surface area contributed by atoms with Crippen LogP contribution in [0.2, 0.25) is 0 Å². The Balaban J connectivity index is 1.48. The lowest BCUT2D eigenvalue weighted by Crippen LogP contribution is -2.56. The average molecular weight is 401 g/mol. The van der Waals surface area contributed by atoms with Crippen LogP contribution in [0.15, 0.2) is 0 Å². The molecule has 0 amide bonds. The molecule has 0 aromatic heterocycles. The monoisotopic (exact) mass is 400 g/mol. The van der Waals surface area contributed by atoms with Crippen LogP contribution < -0.4 is 0 Å². The predicted octanol–water partition coefficient (Wildman–Crippen LogP) is 7.92. The minimum Gasteiger partial charge on any atom is -0.299 e. The zero-order chi connectivity index (χ0) is 21.0. The first-order valence-corrected chi connectivity index (χ1v) is 13.2. The van der Waals surface area contributed by atoms with Crippen molar-refractivity contribution in [3.63, 3.8) is 0 Å². The van der Waals surface area contributed by atoms with Crippen molar-refractivity contribution >= 4 is 5.78 Å². The molecule has 4 aliphatic carbocycles. The van der Waals surface area contributed by atoms with Crippen LogP contribution >= 0.6 is 0 Å². The zero-order valence-corrected chi connectivity index (χ0v) is 20.3. The second kappa shape index (κ2) is 7.98. The predicted molar refractivity (Wildman–Crippen MR) is 123 cm³/mol. The summed E-state index contributed by atoms with van der Waals surface area (Å²) in [5.41, 5.74) is 0.891. The van der Waals surface area contributed by atoms with Crippen molar-refractivity contribution in [2.24, 2.45) is 58.2 Å². The van der Waals surface area contributed by atoms with Gasteiger partial charge in [0.1, 0.15) is 5.78 Å². The number of carbonyl (C=O) groups excluding carboxylic acids is 1. The maximum Gasteiger partial charge on any atom is 0.139 e. The molecule has 4 saturated carbocycles. The number of carbonyl (C=O) groups is 1. The highest BCUT2D eigenvalue weighted by atomic mass is 16.1. The fraction of sp³-hybridized carbons (Fsp3) is 0.964. The van der Waals surface area contributed by atoms with Crippen molar-refractivity contribution < 1.29 is 4.79 Å². The van der Waals surface area contributed by atoms with E-state index >= 15 is 0 Å². The summed E-state index contributed by atoms with van der Waals surface area (Å²) in [6.07, 6.45) is 15.0. The van der Waals surface area contributed by atoms with Crippen LogP contribution in [0.1, 0.15) is 112 Å². The Morgan fingerprint density at radius 3 is 2.28 bits per heavy atom. The normalized spacial score (nSPS) is 48.2. The van der Waals surface area contributed by atoms with E-state index in [1.807, 2.05) is 0 Å². The minimum absolute atomic E-state index is 0.314. The fourth-order valence-electron chi connectivity index (χ4n) is 9.32. The Morgan fingerprint density at radius 1 is 0.862 bits per heavy atom. The molecule has 4 rings (SSSR count). The quantitative estimate of drug-likeness (QED) is 0.458. The van der Waals surface area contributed by atoms with E-state index in [0.717, 1.165) is 41.9 Å². The number of rotatable bonds is 5. The Bertz CT molecular complexity index is 607. The maximum absolute atomic E-state index is 13.0. The third-order valence-electron chi connectivity index (χ3n) is 11.0. The second-order valence-corrected chi connectivity index (χ2v) is 12.9. The van der Waals surface area contributed by atoms with Crippen molar-refractivity contribution in [2.45, 2.75) is 112 Å². The van der Waals surface area contributed by atoms with Crippen molar-refractivity contribution in [3.05, 3.63) is 0 Å². The van der Waals surface area contributed by atoms with Crippen LogP contribution in [0.25, 0.3) is 0 Å². The van der Waals surface area contributed by atoms with Gasteiger partial charge in [-0.25, -0.2) is 0 Å². The third-order valence-corrected chi connectivity index (χ3v) is 11.0. The SMILES string of the molecule is CC(C)CCCC(C)C1CCC2C3CCC4C(=O)C(C)CCC4(C)C3CCC12C. The van der Waals surface area contributed by atoms with Gasteiger partial charge in [-0.05, 0) is 97.7 Å². The topological polar surface area (TPSA) is 17.1 Å². The first-order chi connectivity index (χ1) is 13.7. The first-order valence-electron chi connectivity index (χ1n) is 13.2. The summed E-state index contributed by atoms with van der Waals surface area (Å²) in [5, 5.41) is 0. The van der Waals surface area contributed by atoms with E-state index in [-0.39, 0.29) is 0 Å². The minimum atomic E-state index is 0.314. The smallest absolute Gasteiger partial charge is 0.139 e. The Hall–Kier alpha value is -0.330. The van der Waals surface area contributed by atoms with Crippen LogP contribution in [0.5, 0.6) is 0 Å². The summed E-state index contributed by atoms with van der Waals surface area (Å²) >= 11 is 0. The highest BCUT2D eigenvalue weighted by Crippen LogP contribution is 2.68. The van der Waals surface area contributed by atoms with Gasteiger partial charge in [-0.1, -0.05) is 60.8 Å². The summed E-state index contributed by atoms with van der Waals surface area (Å²) in [6.45, 7) is 14.7. The highest BCUT2D eigenvalue weighted by Gasteiger charge is 2.61. The zero-order valence-electron chi connectivity index (χ0n) is 20.3. The molecular weight excluding hydrogens is 352 g/mol. The van der Waals surface area contributed by atoms with Gasteiger partial charge in [0, 0.05) is 11.8 Å². The molecule has 0 N–H and O–H groups in total. The van der Waals surface area contributed by atoms with E-state index in [2.05, 4.69) is 41.5 Å². The van der Waals surface area contributed by atoms with Gasteiger partial charge in [0.2, 0.25) is 0 Å². The number of fused-ring (bicyclic) bond motifs is 5. The van der Waals surface area contributed by atoms with Crippen molar-refractivity contribution in [2.75, 3.05) is 0 Å². The number of hydrogen-bond donors (Lipinski definition) is 0. The van der Waals surface area contributed by atoms with Gasteiger partial charge in [-0.3, -0.25) is 4.79 Å². The molecule has 1 heteroatoms. The van der Waals surface area contributed by atoms with Gasteiger partial charge in [0.15, 0.2) is 0 Å². The Labute approximate surface area is 181 Å². The molecular formula is C28H48O. The highest BCUT2D eigenvalue weighted by molar-refractivity contribution is 5.84. The molecule has 0 aromatic rings. The van der Waals surface area contributed by atoms with E-state index in [4.69, 9.17) is 0 Å². The molecule has 0 heterocycles. The molecule has 1 nitrogen and oxygen atoms in total. The van der Waals surface area contributed by atoms with E-state index < -0.39 is 0 Å². The number of ketones is 1. The van der Waals surface area contributed by atoms with Gasteiger partial charge in [-0.2, -0.15) is 0 Å². The molecule has 4 fully saturated rings. The average Bonchev–Trinajstić information content (AvgIpc) is 3.02. The number of Topliss-reactive ketones (excluding diaryl/α,β-unsaturated/α-hetero) is 1. The summed E-state index contributed by atoms with van der Waals surface area (Å²) in [4.78, 5) is 13.0. The van der Waals surface area contributed by atoms with Gasteiger partial charge in [-0.15, -0.1) is 0 Å². The van der Waals surface area contributed by atoms with Crippen LogP contribution in [0, 0.1) is 58.2 Å². The standard InChI is InChI=1S/C28H48O/c1-18(2)8-7-9-19(3)22-12-13-23-21-10-11-25-26(29)20(4)14-16-28(25,6)24(21)15-17-27(22,23)5/h18-25H,7-17H2,1-6H3. The lowest BCUT2D eigenvalue weighted by molar-refractivity contribution is -0.154. The van der Waals surface area contributed by atoms with Crippen molar-refractivity contribution in [1.82, 2.24) is 0 Å². The van der Waals surface area contributed by atoms with E-state index in [1.54, 1.807) is 0 Å². The Kier molecular flexibility index (Phi) is 6.02. The molecule has 4 aliphatic rings. The second-order valence-electron chi connectivity index (χ2n) is 12.9. The van der Waals surface area contributed by atoms with E-state index in [1.165, 1.54) is 64.2 Å². The first kappa shape index (κ1) is 21.9. The molecule has 9 atom stereocenters. The fourth-order valence-corrected chi connectivity index (χ4v) is 9.32. The molecule has 166 valence electrons. The van der Waals surface area contributed by atoms with Gasteiger partial charge in [0.05, 0.1) is 0 Å². The van der Waals surface area contributed by atoms with Crippen LogP contribution in [0.4, 0.5) is 0 Å². The van der Waals surface area contributed by atoms with Crippen molar-refractivity contribution in [3.8, 4) is 0 Å². The van der Waals surface area contributed by atoms with E-state index in [0.29, 0.717) is 28.4 Å². The van der Waals surface area contributed by atoms with E-state index in [9.17, 15) is 4.79 Å². The summed E-state index contributed by atoms with van der Waals surface area (Å²) in [7, 11) is 0. The summed E-state index contributed by atoms with van der Waals surface area (Å²) in [5.74, 6) is 6.67. The molecule has 0 radical (unpaired) electrons. The van der Waals surface area contributed by atoms with Crippen LogP contribution in [0.3, 0.4) is 0 Å². The van der Waals surface area contributed by atoms with Crippen LogP contribution in [-0.4, -0.2) is 5.78 Å². The van der Waals surface area contributed by atoms with Gasteiger partial charge in [0.25, 0.3) is 0 Å². The molecule has 0 aliphatic heterocycles. The number of hydrogen-bond acceptors (Lipinski definition) is 1. The van der Waals surface area contributed by atoms with Gasteiger partial charge < -0.3 is 0 Å². The molecule has 9 unspecified atom stereocenters. The molecule has 0 aromatic carbocycles. The Morgan fingerprint density at radius 2 is 1.55 bits per heavy atom. The summed E-state index contributed by atoms with van der Waals surface area (Å²) in [6, 6.07) is 0.